The molecule has 0 N–H and O–H groups in total. The molecular weight excluding hydrogens is 292 g/mol. The zero-order valence-corrected chi connectivity index (χ0v) is 15.0. The Kier molecular flexibility index (Phi) is 5.05. The molecule has 1 atom stereocenters. The molecule has 0 bridgehead atoms. The molecule has 1 spiro atoms. The molecule has 1 aliphatic heterocycles. The molecule has 0 amide bonds. The molecule has 130 valence electrons. The number of rotatable bonds is 5. The maximum atomic E-state index is 2.74. The van der Waals surface area contributed by atoms with Crippen LogP contribution < -0.4 is 0 Å². The molecule has 2 aliphatic carbocycles. The third-order valence-electron chi connectivity index (χ3n) is 6.63. The monoisotopic (exact) mass is 324 g/mol. The van der Waals surface area contributed by atoms with Gasteiger partial charge in [0.1, 0.15) is 0 Å². The second-order valence-electron chi connectivity index (χ2n) is 8.24. The largest absolute Gasteiger partial charge is 0.300 e. The standard InChI is InChI=1S/C22H32N2/c1-3-8-20(9-4-1)10-7-13-23-14-16-24(17-15-23)19-21-18-22(21)11-5-2-6-12-22/h1,3-4,7-10,21H,2,5-6,11-19H2/b10-7+/t21-/m0/s1. The molecule has 2 saturated carbocycles. The summed E-state index contributed by atoms with van der Waals surface area (Å²) in [6, 6.07) is 10.6. The zero-order chi connectivity index (χ0) is 16.2. The van der Waals surface area contributed by atoms with Gasteiger partial charge in [-0.15, -0.1) is 0 Å². The predicted molar refractivity (Wildman–Crippen MR) is 102 cm³/mol. The first kappa shape index (κ1) is 16.4. The van der Waals surface area contributed by atoms with Crippen LogP contribution in [0, 0.1) is 11.3 Å². The Hall–Kier alpha value is -1.12. The summed E-state index contributed by atoms with van der Waals surface area (Å²) in [6.07, 6.45) is 13.7. The summed E-state index contributed by atoms with van der Waals surface area (Å²) in [4.78, 5) is 5.34. The van der Waals surface area contributed by atoms with E-state index in [2.05, 4.69) is 52.3 Å². The van der Waals surface area contributed by atoms with Crippen LogP contribution in [0.25, 0.3) is 6.08 Å². The van der Waals surface area contributed by atoms with Crippen molar-refractivity contribution >= 4 is 6.08 Å². The maximum absolute atomic E-state index is 2.74. The summed E-state index contributed by atoms with van der Waals surface area (Å²) in [6.45, 7) is 7.49. The first-order valence-corrected chi connectivity index (χ1v) is 10.0. The van der Waals surface area contributed by atoms with E-state index in [1.54, 1.807) is 0 Å². The average Bonchev–Trinajstić information content (AvgIpc) is 3.28. The second-order valence-corrected chi connectivity index (χ2v) is 8.24. The van der Waals surface area contributed by atoms with Gasteiger partial charge in [-0.1, -0.05) is 61.7 Å². The third kappa shape index (κ3) is 3.92. The van der Waals surface area contributed by atoms with Crippen LogP contribution in [0.4, 0.5) is 0 Å². The van der Waals surface area contributed by atoms with Gasteiger partial charge < -0.3 is 4.90 Å². The summed E-state index contributed by atoms with van der Waals surface area (Å²) in [5, 5.41) is 0. The van der Waals surface area contributed by atoms with Gasteiger partial charge in [-0.2, -0.15) is 0 Å². The Morgan fingerprint density at radius 1 is 0.917 bits per heavy atom. The van der Waals surface area contributed by atoms with Crippen LogP contribution in [0.3, 0.4) is 0 Å². The van der Waals surface area contributed by atoms with Gasteiger partial charge in [0, 0.05) is 39.3 Å². The van der Waals surface area contributed by atoms with E-state index in [-0.39, 0.29) is 0 Å². The highest BCUT2D eigenvalue weighted by Gasteiger charge is 2.53. The summed E-state index contributed by atoms with van der Waals surface area (Å²) in [7, 11) is 0. The molecule has 0 radical (unpaired) electrons. The molecule has 2 nitrogen and oxygen atoms in total. The Balaban J connectivity index is 1.17. The predicted octanol–water partition coefficient (Wildman–Crippen LogP) is 4.29. The number of hydrogen-bond acceptors (Lipinski definition) is 2. The van der Waals surface area contributed by atoms with E-state index in [9.17, 15) is 0 Å². The number of hydrogen-bond donors (Lipinski definition) is 0. The summed E-state index contributed by atoms with van der Waals surface area (Å²) < 4.78 is 0. The molecule has 0 aromatic heterocycles. The van der Waals surface area contributed by atoms with Crippen molar-refractivity contribution in [2.24, 2.45) is 11.3 Å². The highest BCUT2D eigenvalue weighted by Crippen LogP contribution is 2.61. The van der Waals surface area contributed by atoms with Crippen LogP contribution in [0.1, 0.15) is 44.1 Å². The van der Waals surface area contributed by atoms with Gasteiger partial charge in [-0.05, 0) is 36.2 Å². The normalized spacial score (nSPS) is 27.8. The van der Waals surface area contributed by atoms with E-state index < -0.39 is 0 Å². The first-order chi connectivity index (χ1) is 11.8. The lowest BCUT2D eigenvalue weighted by atomic mass is 9.84. The Bertz CT molecular complexity index is 536. The molecule has 1 aromatic carbocycles. The van der Waals surface area contributed by atoms with Crippen LogP contribution in [0.5, 0.6) is 0 Å². The minimum Gasteiger partial charge on any atom is -0.300 e. The lowest BCUT2D eigenvalue weighted by Crippen LogP contribution is -2.47. The maximum Gasteiger partial charge on any atom is 0.0167 e. The van der Waals surface area contributed by atoms with E-state index in [0.717, 1.165) is 17.9 Å². The SMILES string of the molecule is C(=C\c1ccccc1)/CN1CCN(C[C@@H]2CC23CCCCC3)CC1. The van der Waals surface area contributed by atoms with Gasteiger partial charge in [-0.25, -0.2) is 0 Å². The van der Waals surface area contributed by atoms with Crippen LogP contribution in [0.15, 0.2) is 36.4 Å². The van der Waals surface area contributed by atoms with Gasteiger partial charge in [0.2, 0.25) is 0 Å². The van der Waals surface area contributed by atoms with Crippen molar-refractivity contribution < 1.29 is 0 Å². The summed E-state index contributed by atoms with van der Waals surface area (Å²) in [5.74, 6) is 1.03. The van der Waals surface area contributed by atoms with Gasteiger partial charge in [0.25, 0.3) is 0 Å². The Labute approximate surface area is 147 Å². The number of nitrogens with zero attached hydrogens (tertiary/aromatic N) is 2. The van der Waals surface area contributed by atoms with Crippen LogP contribution in [0.2, 0.25) is 0 Å². The van der Waals surface area contributed by atoms with Crippen LogP contribution in [-0.4, -0.2) is 49.1 Å². The van der Waals surface area contributed by atoms with E-state index in [1.165, 1.54) is 76.8 Å². The van der Waals surface area contributed by atoms with E-state index in [1.807, 2.05) is 0 Å². The fourth-order valence-electron chi connectivity index (χ4n) is 4.93. The molecule has 1 aromatic rings. The minimum atomic E-state index is 0.799. The lowest BCUT2D eigenvalue weighted by Gasteiger charge is -2.35. The van der Waals surface area contributed by atoms with Crippen LogP contribution >= 0.6 is 0 Å². The first-order valence-electron chi connectivity index (χ1n) is 10.0. The van der Waals surface area contributed by atoms with Crippen molar-refractivity contribution in [2.45, 2.75) is 38.5 Å². The quantitative estimate of drug-likeness (QED) is 0.797. The lowest BCUT2D eigenvalue weighted by molar-refractivity contribution is 0.130. The van der Waals surface area contributed by atoms with Crippen molar-refractivity contribution in [3.8, 4) is 0 Å². The van der Waals surface area contributed by atoms with Crippen LogP contribution in [-0.2, 0) is 0 Å². The van der Waals surface area contributed by atoms with Crippen molar-refractivity contribution in [1.29, 1.82) is 0 Å². The molecule has 0 unspecified atom stereocenters. The third-order valence-corrected chi connectivity index (χ3v) is 6.63. The zero-order valence-electron chi connectivity index (χ0n) is 15.0. The average molecular weight is 325 g/mol. The highest BCUT2D eigenvalue weighted by molar-refractivity contribution is 5.48. The molecule has 3 aliphatic rings. The highest BCUT2D eigenvalue weighted by atomic mass is 15.3. The molecule has 3 fully saturated rings. The molecule has 4 rings (SSSR count). The summed E-state index contributed by atoms with van der Waals surface area (Å²) >= 11 is 0. The van der Waals surface area contributed by atoms with Crippen molar-refractivity contribution in [1.82, 2.24) is 9.80 Å². The van der Waals surface area contributed by atoms with Gasteiger partial charge >= 0.3 is 0 Å². The molecule has 1 saturated heterocycles. The number of benzene rings is 1. The fourth-order valence-corrected chi connectivity index (χ4v) is 4.93. The van der Waals surface area contributed by atoms with Crippen molar-refractivity contribution in [2.75, 3.05) is 39.3 Å². The van der Waals surface area contributed by atoms with Gasteiger partial charge in [0.15, 0.2) is 0 Å². The van der Waals surface area contributed by atoms with Crippen molar-refractivity contribution in [3.05, 3.63) is 42.0 Å². The molecular formula is C22H32N2. The minimum absolute atomic E-state index is 0.799. The van der Waals surface area contributed by atoms with E-state index >= 15 is 0 Å². The Morgan fingerprint density at radius 3 is 2.38 bits per heavy atom. The molecule has 24 heavy (non-hydrogen) atoms. The van der Waals surface area contributed by atoms with E-state index in [0.29, 0.717) is 0 Å². The van der Waals surface area contributed by atoms with Gasteiger partial charge in [0.05, 0.1) is 0 Å². The van der Waals surface area contributed by atoms with Crippen molar-refractivity contribution in [3.63, 3.8) is 0 Å². The Morgan fingerprint density at radius 2 is 1.62 bits per heavy atom. The molecule has 2 heteroatoms. The second kappa shape index (κ2) is 7.41. The topological polar surface area (TPSA) is 6.48 Å². The smallest absolute Gasteiger partial charge is 0.0167 e. The van der Waals surface area contributed by atoms with E-state index in [4.69, 9.17) is 0 Å². The molecule has 1 heterocycles. The fraction of sp³-hybridized carbons (Fsp3) is 0.636. The van der Waals surface area contributed by atoms with Gasteiger partial charge in [-0.3, -0.25) is 4.90 Å². The number of piperazine rings is 1. The summed E-state index contributed by atoms with van der Waals surface area (Å²) in [5.41, 5.74) is 2.11.